The zero-order valence-electron chi connectivity index (χ0n) is 14.3. The van der Waals surface area contributed by atoms with Crippen molar-refractivity contribution in [3.05, 3.63) is 54.1 Å². The summed E-state index contributed by atoms with van der Waals surface area (Å²) in [5.41, 5.74) is 4.53. The van der Waals surface area contributed by atoms with Crippen LogP contribution in [-0.4, -0.2) is 8.07 Å². The Morgan fingerprint density at radius 1 is 0.810 bits per heavy atom. The molecule has 0 fully saturated rings. The summed E-state index contributed by atoms with van der Waals surface area (Å²) in [6.45, 7) is 14.3. The standard InChI is InChI=1S/C20H28Si/c1-20(2,3)15-18-14-17(16-10-8-7-9-11-16)12-13-19(18)21(4,5)6/h7-14H,15H2,1-6H3. The molecule has 0 aliphatic heterocycles. The molecule has 0 aliphatic rings. The Kier molecular flexibility index (Phi) is 4.43. The average molecular weight is 297 g/mol. The zero-order chi connectivity index (χ0) is 15.7. The molecule has 1 heteroatoms. The minimum Gasteiger partial charge on any atom is -0.0656 e. The number of rotatable bonds is 3. The van der Waals surface area contributed by atoms with E-state index in [4.69, 9.17) is 0 Å². The molecule has 0 amide bonds. The molecule has 0 bridgehead atoms. The van der Waals surface area contributed by atoms with Gasteiger partial charge in [0.1, 0.15) is 0 Å². The van der Waals surface area contributed by atoms with Crippen molar-refractivity contribution < 1.29 is 0 Å². The maximum atomic E-state index is 2.44. The van der Waals surface area contributed by atoms with Gasteiger partial charge in [0.25, 0.3) is 0 Å². The highest BCUT2D eigenvalue weighted by atomic mass is 28.3. The first kappa shape index (κ1) is 16.0. The molecule has 0 spiro atoms. The first-order valence-corrected chi connectivity index (χ1v) is 11.4. The van der Waals surface area contributed by atoms with E-state index in [1.165, 1.54) is 11.1 Å². The fourth-order valence-electron chi connectivity index (χ4n) is 2.85. The summed E-state index contributed by atoms with van der Waals surface area (Å²) in [6, 6.07) is 17.8. The Hall–Kier alpha value is -1.34. The second-order valence-corrected chi connectivity index (χ2v) is 13.3. The minimum absolute atomic E-state index is 0.323. The molecule has 0 N–H and O–H groups in total. The summed E-state index contributed by atoms with van der Waals surface area (Å²) in [4.78, 5) is 0. The largest absolute Gasteiger partial charge is 0.0779 e. The molecule has 2 aromatic rings. The van der Waals surface area contributed by atoms with Crippen LogP contribution >= 0.6 is 0 Å². The summed E-state index contributed by atoms with van der Waals surface area (Å²) in [6.07, 6.45) is 1.15. The van der Waals surface area contributed by atoms with E-state index in [0.717, 1.165) is 6.42 Å². The molecule has 0 aromatic heterocycles. The monoisotopic (exact) mass is 296 g/mol. The minimum atomic E-state index is -1.30. The quantitative estimate of drug-likeness (QED) is 0.657. The maximum Gasteiger partial charge on any atom is 0.0779 e. The van der Waals surface area contributed by atoms with Gasteiger partial charge in [0.2, 0.25) is 0 Å². The van der Waals surface area contributed by atoms with Crippen molar-refractivity contribution in [3.8, 4) is 11.1 Å². The number of benzene rings is 2. The van der Waals surface area contributed by atoms with E-state index < -0.39 is 8.07 Å². The first-order valence-electron chi connectivity index (χ1n) is 7.86. The highest BCUT2D eigenvalue weighted by molar-refractivity contribution is 6.89. The van der Waals surface area contributed by atoms with Crippen molar-refractivity contribution in [1.82, 2.24) is 0 Å². The molecule has 0 saturated carbocycles. The lowest BCUT2D eigenvalue weighted by molar-refractivity contribution is 0.412. The van der Waals surface area contributed by atoms with Crippen LogP contribution in [0, 0.1) is 5.41 Å². The molecule has 2 aromatic carbocycles. The molecule has 2 rings (SSSR count). The molecule has 0 aliphatic carbocycles. The van der Waals surface area contributed by atoms with E-state index in [1.807, 2.05) is 0 Å². The van der Waals surface area contributed by atoms with Gasteiger partial charge in [0, 0.05) is 0 Å². The zero-order valence-corrected chi connectivity index (χ0v) is 15.3. The van der Waals surface area contributed by atoms with E-state index in [2.05, 4.69) is 88.9 Å². The van der Waals surface area contributed by atoms with Crippen molar-refractivity contribution >= 4 is 13.3 Å². The van der Waals surface area contributed by atoms with Crippen LogP contribution in [0.2, 0.25) is 19.6 Å². The third kappa shape index (κ3) is 4.31. The Bertz CT molecular complexity index is 598. The molecular formula is C20H28Si. The van der Waals surface area contributed by atoms with E-state index in [-0.39, 0.29) is 0 Å². The first-order chi connectivity index (χ1) is 9.67. The predicted octanol–water partition coefficient (Wildman–Crippen LogP) is 5.49. The molecule has 0 unspecified atom stereocenters. The van der Waals surface area contributed by atoms with Gasteiger partial charge in [-0.3, -0.25) is 0 Å². The van der Waals surface area contributed by atoms with Gasteiger partial charge >= 0.3 is 0 Å². The van der Waals surface area contributed by atoms with Crippen LogP contribution in [0.5, 0.6) is 0 Å². The summed E-state index contributed by atoms with van der Waals surface area (Å²) in [5.74, 6) is 0. The topological polar surface area (TPSA) is 0 Å². The van der Waals surface area contributed by atoms with Crippen LogP contribution in [0.4, 0.5) is 0 Å². The SMILES string of the molecule is CC(C)(C)Cc1cc(-c2ccccc2)ccc1[Si](C)(C)C. The molecular weight excluding hydrogens is 268 g/mol. The Balaban J connectivity index is 2.52. The van der Waals surface area contributed by atoms with Crippen molar-refractivity contribution in [2.24, 2.45) is 5.41 Å². The maximum absolute atomic E-state index is 2.44. The fraction of sp³-hybridized carbons (Fsp3) is 0.400. The van der Waals surface area contributed by atoms with Crippen LogP contribution in [0.25, 0.3) is 11.1 Å². The van der Waals surface area contributed by atoms with E-state index >= 15 is 0 Å². The van der Waals surface area contributed by atoms with Gasteiger partial charge in [-0.15, -0.1) is 0 Å². The van der Waals surface area contributed by atoms with Crippen molar-refractivity contribution in [1.29, 1.82) is 0 Å². The van der Waals surface area contributed by atoms with Gasteiger partial charge in [0.15, 0.2) is 0 Å². The normalized spacial score (nSPS) is 12.5. The molecule has 112 valence electrons. The molecule has 0 heterocycles. The van der Waals surface area contributed by atoms with Gasteiger partial charge in [-0.2, -0.15) is 0 Å². The lowest BCUT2D eigenvalue weighted by atomic mass is 9.87. The van der Waals surface area contributed by atoms with E-state index in [1.54, 1.807) is 10.8 Å². The van der Waals surface area contributed by atoms with Crippen molar-refractivity contribution in [2.45, 2.75) is 46.8 Å². The third-order valence-electron chi connectivity index (χ3n) is 3.74. The number of hydrogen-bond donors (Lipinski definition) is 0. The molecule has 0 nitrogen and oxygen atoms in total. The number of hydrogen-bond acceptors (Lipinski definition) is 0. The Labute approximate surface area is 131 Å². The molecule has 0 saturated heterocycles. The van der Waals surface area contributed by atoms with Crippen molar-refractivity contribution in [2.75, 3.05) is 0 Å². The van der Waals surface area contributed by atoms with Crippen LogP contribution in [-0.2, 0) is 6.42 Å². The second-order valence-electron chi connectivity index (χ2n) is 8.23. The van der Waals surface area contributed by atoms with Crippen LogP contribution < -0.4 is 5.19 Å². The van der Waals surface area contributed by atoms with E-state index in [9.17, 15) is 0 Å². The summed E-state index contributed by atoms with van der Waals surface area (Å²) >= 11 is 0. The third-order valence-corrected chi connectivity index (χ3v) is 5.84. The summed E-state index contributed by atoms with van der Waals surface area (Å²) in [5, 5.41) is 1.61. The van der Waals surface area contributed by atoms with Crippen molar-refractivity contribution in [3.63, 3.8) is 0 Å². The second kappa shape index (κ2) is 5.80. The van der Waals surface area contributed by atoms with Crippen LogP contribution in [0.15, 0.2) is 48.5 Å². The van der Waals surface area contributed by atoms with E-state index in [0.29, 0.717) is 5.41 Å². The smallest absolute Gasteiger partial charge is 0.0656 e. The fourth-order valence-corrected chi connectivity index (χ4v) is 4.56. The predicted molar refractivity (Wildman–Crippen MR) is 98.0 cm³/mol. The average Bonchev–Trinajstić information content (AvgIpc) is 2.36. The summed E-state index contributed by atoms with van der Waals surface area (Å²) < 4.78 is 0. The van der Waals surface area contributed by atoms with Crippen LogP contribution in [0.1, 0.15) is 26.3 Å². The highest BCUT2D eigenvalue weighted by Gasteiger charge is 2.23. The summed E-state index contributed by atoms with van der Waals surface area (Å²) in [7, 11) is -1.30. The lowest BCUT2D eigenvalue weighted by Crippen LogP contribution is -2.41. The molecule has 0 atom stereocenters. The van der Waals surface area contributed by atoms with Gasteiger partial charge in [-0.25, -0.2) is 0 Å². The molecule has 21 heavy (non-hydrogen) atoms. The molecule has 0 radical (unpaired) electrons. The lowest BCUT2D eigenvalue weighted by Gasteiger charge is -2.26. The highest BCUT2D eigenvalue weighted by Crippen LogP contribution is 2.26. The van der Waals surface area contributed by atoms with Gasteiger partial charge in [-0.1, -0.05) is 94.1 Å². The van der Waals surface area contributed by atoms with Gasteiger partial charge in [0.05, 0.1) is 8.07 Å². The van der Waals surface area contributed by atoms with Gasteiger partial charge in [-0.05, 0) is 28.5 Å². The Morgan fingerprint density at radius 3 is 1.95 bits per heavy atom. The van der Waals surface area contributed by atoms with Crippen LogP contribution in [0.3, 0.4) is 0 Å². The van der Waals surface area contributed by atoms with Gasteiger partial charge < -0.3 is 0 Å². The Morgan fingerprint density at radius 2 is 1.43 bits per heavy atom.